The number of hydrogen-bond acceptors (Lipinski definition) is 2. The smallest absolute Gasteiger partial charge is 0.191 e. The fourth-order valence-electron chi connectivity index (χ4n) is 2.70. The molecule has 1 heterocycles. The molecule has 1 saturated heterocycles. The van der Waals surface area contributed by atoms with Gasteiger partial charge in [-0.15, -0.1) is 0 Å². The van der Waals surface area contributed by atoms with Crippen LogP contribution < -0.4 is 15.5 Å². The molecule has 1 unspecified atom stereocenters. The van der Waals surface area contributed by atoms with Gasteiger partial charge in [0.25, 0.3) is 0 Å². The largest absolute Gasteiger partial charge is 0.369 e. The van der Waals surface area contributed by atoms with Crippen LogP contribution in [0.5, 0.6) is 0 Å². The summed E-state index contributed by atoms with van der Waals surface area (Å²) in [6.07, 6.45) is 2.28. The molecular weight excluding hydrogens is 272 g/mol. The fourth-order valence-corrected chi connectivity index (χ4v) is 2.70. The summed E-state index contributed by atoms with van der Waals surface area (Å²) in [6.45, 7) is 9.88. The number of nitrogens with zero attached hydrogens (tertiary/aromatic N) is 2. The van der Waals surface area contributed by atoms with Crippen LogP contribution in [0.15, 0.2) is 35.3 Å². The molecule has 4 nitrogen and oxygen atoms in total. The van der Waals surface area contributed by atoms with E-state index >= 15 is 0 Å². The topological polar surface area (TPSA) is 39.7 Å². The molecule has 1 fully saturated rings. The van der Waals surface area contributed by atoms with E-state index in [1.165, 1.54) is 5.69 Å². The number of benzene rings is 1. The Morgan fingerprint density at radius 3 is 2.64 bits per heavy atom. The second-order valence-electron chi connectivity index (χ2n) is 7.22. The van der Waals surface area contributed by atoms with Gasteiger partial charge in [-0.3, -0.25) is 4.99 Å². The Morgan fingerprint density at radius 1 is 1.27 bits per heavy atom. The molecule has 0 saturated carbocycles. The normalized spacial score (nSPS) is 19.4. The Morgan fingerprint density at radius 2 is 2.00 bits per heavy atom. The van der Waals surface area contributed by atoms with E-state index in [0.29, 0.717) is 11.5 Å². The van der Waals surface area contributed by atoms with Gasteiger partial charge in [-0.2, -0.15) is 0 Å². The van der Waals surface area contributed by atoms with Crippen molar-refractivity contribution in [2.75, 3.05) is 31.6 Å². The van der Waals surface area contributed by atoms with Crippen molar-refractivity contribution in [1.82, 2.24) is 10.6 Å². The Hall–Kier alpha value is -1.71. The number of rotatable bonds is 4. The number of hydrogen-bond donors (Lipinski definition) is 2. The zero-order valence-electron chi connectivity index (χ0n) is 14.4. The molecule has 0 bridgehead atoms. The minimum absolute atomic E-state index is 0.351. The molecule has 0 amide bonds. The van der Waals surface area contributed by atoms with Gasteiger partial charge in [-0.1, -0.05) is 39.0 Å². The van der Waals surface area contributed by atoms with E-state index in [-0.39, 0.29) is 0 Å². The SMILES string of the molecule is CN=C(NCCC(C)(C)C)NC1CCN(c2ccccc2)C1. The molecule has 0 aromatic heterocycles. The first-order valence-electron chi connectivity index (χ1n) is 8.25. The van der Waals surface area contributed by atoms with Gasteiger partial charge in [0.1, 0.15) is 0 Å². The standard InChI is InChI=1S/C18H30N4/c1-18(2,3)11-12-20-17(19-4)21-15-10-13-22(14-15)16-8-6-5-7-9-16/h5-9,15H,10-14H2,1-4H3,(H2,19,20,21). The lowest BCUT2D eigenvalue weighted by Gasteiger charge is -2.22. The van der Waals surface area contributed by atoms with Crippen LogP contribution in [0.25, 0.3) is 0 Å². The van der Waals surface area contributed by atoms with Gasteiger partial charge < -0.3 is 15.5 Å². The summed E-state index contributed by atoms with van der Waals surface area (Å²) in [7, 11) is 1.84. The molecule has 2 rings (SSSR count). The molecular formula is C18H30N4. The summed E-state index contributed by atoms with van der Waals surface area (Å²) >= 11 is 0. The lowest BCUT2D eigenvalue weighted by Crippen LogP contribution is -2.45. The van der Waals surface area contributed by atoms with Crippen LogP contribution in [-0.4, -0.2) is 38.7 Å². The predicted octanol–water partition coefficient (Wildman–Crippen LogP) is 2.87. The Labute approximate surface area is 135 Å². The van der Waals surface area contributed by atoms with Crippen LogP contribution in [0.3, 0.4) is 0 Å². The van der Waals surface area contributed by atoms with Crippen molar-refractivity contribution in [2.45, 2.75) is 39.7 Å². The van der Waals surface area contributed by atoms with Crippen LogP contribution in [0.1, 0.15) is 33.6 Å². The van der Waals surface area contributed by atoms with E-state index in [1.807, 2.05) is 7.05 Å². The van der Waals surface area contributed by atoms with Gasteiger partial charge >= 0.3 is 0 Å². The number of nitrogens with one attached hydrogen (secondary N) is 2. The zero-order chi connectivity index (χ0) is 16.0. The highest BCUT2D eigenvalue weighted by Gasteiger charge is 2.23. The molecule has 4 heteroatoms. The van der Waals surface area contributed by atoms with Crippen LogP contribution in [-0.2, 0) is 0 Å². The van der Waals surface area contributed by atoms with Crippen molar-refractivity contribution in [1.29, 1.82) is 0 Å². The number of anilines is 1. The van der Waals surface area contributed by atoms with Crippen LogP contribution in [0, 0.1) is 5.41 Å². The van der Waals surface area contributed by atoms with Gasteiger partial charge in [-0.25, -0.2) is 0 Å². The Bertz CT molecular complexity index is 476. The van der Waals surface area contributed by atoms with E-state index in [4.69, 9.17) is 0 Å². The first-order valence-corrected chi connectivity index (χ1v) is 8.25. The first kappa shape index (κ1) is 16.7. The third-order valence-electron chi connectivity index (χ3n) is 4.04. The minimum atomic E-state index is 0.351. The Balaban J connectivity index is 1.78. The fraction of sp³-hybridized carbons (Fsp3) is 0.611. The average molecular weight is 302 g/mol. The van der Waals surface area contributed by atoms with E-state index in [1.54, 1.807) is 0 Å². The quantitative estimate of drug-likeness (QED) is 0.663. The van der Waals surface area contributed by atoms with E-state index in [2.05, 4.69) is 71.6 Å². The molecule has 0 spiro atoms. The van der Waals surface area contributed by atoms with Gasteiger partial charge in [0, 0.05) is 38.4 Å². The highest BCUT2D eigenvalue weighted by atomic mass is 15.2. The van der Waals surface area contributed by atoms with Gasteiger partial charge in [0.2, 0.25) is 0 Å². The summed E-state index contributed by atoms with van der Waals surface area (Å²) in [6, 6.07) is 11.1. The molecule has 1 atom stereocenters. The van der Waals surface area contributed by atoms with Crippen molar-refractivity contribution < 1.29 is 0 Å². The maximum Gasteiger partial charge on any atom is 0.191 e. The minimum Gasteiger partial charge on any atom is -0.369 e. The summed E-state index contributed by atoms with van der Waals surface area (Å²) in [5.41, 5.74) is 1.66. The molecule has 22 heavy (non-hydrogen) atoms. The highest BCUT2D eigenvalue weighted by molar-refractivity contribution is 5.80. The zero-order valence-corrected chi connectivity index (χ0v) is 14.4. The predicted molar refractivity (Wildman–Crippen MR) is 95.6 cm³/mol. The highest BCUT2D eigenvalue weighted by Crippen LogP contribution is 2.19. The van der Waals surface area contributed by atoms with Crippen molar-refractivity contribution in [3.63, 3.8) is 0 Å². The van der Waals surface area contributed by atoms with E-state index in [0.717, 1.165) is 38.4 Å². The van der Waals surface area contributed by atoms with E-state index < -0.39 is 0 Å². The molecule has 0 radical (unpaired) electrons. The summed E-state index contributed by atoms with van der Waals surface area (Å²) in [5.74, 6) is 0.921. The number of aliphatic imine (C=N–C) groups is 1. The lowest BCUT2D eigenvalue weighted by atomic mass is 9.92. The molecule has 0 aliphatic carbocycles. The van der Waals surface area contributed by atoms with Crippen molar-refractivity contribution >= 4 is 11.6 Å². The molecule has 1 aliphatic heterocycles. The summed E-state index contributed by atoms with van der Waals surface area (Å²) in [4.78, 5) is 6.78. The maximum absolute atomic E-state index is 4.34. The summed E-state index contributed by atoms with van der Waals surface area (Å²) in [5, 5.41) is 6.98. The van der Waals surface area contributed by atoms with Crippen LogP contribution in [0.2, 0.25) is 0 Å². The first-order chi connectivity index (χ1) is 10.5. The monoisotopic (exact) mass is 302 g/mol. The number of para-hydroxylation sites is 1. The van der Waals surface area contributed by atoms with E-state index in [9.17, 15) is 0 Å². The molecule has 122 valence electrons. The van der Waals surface area contributed by atoms with Crippen molar-refractivity contribution in [2.24, 2.45) is 10.4 Å². The number of guanidine groups is 1. The van der Waals surface area contributed by atoms with Gasteiger partial charge in [0.05, 0.1) is 0 Å². The van der Waals surface area contributed by atoms with Gasteiger partial charge in [-0.05, 0) is 30.4 Å². The maximum atomic E-state index is 4.34. The molecule has 1 aromatic carbocycles. The Kier molecular flexibility index (Phi) is 5.69. The molecule has 2 N–H and O–H groups in total. The third-order valence-corrected chi connectivity index (χ3v) is 4.04. The van der Waals surface area contributed by atoms with Crippen LogP contribution >= 0.6 is 0 Å². The lowest BCUT2D eigenvalue weighted by molar-refractivity contribution is 0.377. The third kappa shape index (κ3) is 5.24. The summed E-state index contributed by atoms with van der Waals surface area (Å²) < 4.78 is 0. The molecule has 1 aromatic rings. The molecule has 1 aliphatic rings. The van der Waals surface area contributed by atoms with Gasteiger partial charge in [0.15, 0.2) is 5.96 Å². The van der Waals surface area contributed by atoms with Crippen molar-refractivity contribution in [3.05, 3.63) is 30.3 Å². The average Bonchev–Trinajstić information content (AvgIpc) is 2.94. The second-order valence-corrected chi connectivity index (χ2v) is 7.22. The second kappa shape index (κ2) is 7.52. The van der Waals surface area contributed by atoms with Crippen LogP contribution in [0.4, 0.5) is 5.69 Å². The van der Waals surface area contributed by atoms with Crippen molar-refractivity contribution in [3.8, 4) is 0 Å².